The Kier molecular flexibility index (Phi) is 4.70. The van der Waals surface area contributed by atoms with E-state index in [-0.39, 0.29) is 24.3 Å². The number of H-pyrrole nitrogens is 1. The molecule has 3 heterocycles. The van der Waals surface area contributed by atoms with E-state index in [0.29, 0.717) is 26.1 Å². The highest BCUT2D eigenvalue weighted by atomic mass is 16.2. The Morgan fingerprint density at radius 2 is 2.07 bits per heavy atom. The van der Waals surface area contributed by atoms with Gasteiger partial charge in [0, 0.05) is 43.7 Å². The minimum Gasteiger partial charge on any atom is -0.361 e. The van der Waals surface area contributed by atoms with Gasteiger partial charge in [-0.1, -0.05) is 18.2 Å². The highest BCUT2D eigenvalue weighted by Gasteiger charge is 2.45. The van der Waals surface area contributed by atoms with E-state index in [2.05, 4.69) is 16.4 Å². The number of rotatable bonds is 3. The zero-order valence-electron chi connectivity index (χ0n) is 16.1. The van der Waals surface area contributed by atoms with E-state index in [1.165, 1.54) is 0 Å². The molecule has 4 amide bonds. The number of para-hydroxylation sites is 1. The molecule has 28 heavy (non-hydrogen) atoms. The molecule has 0 saturated carbocycles. The van der Waals surface area contributed by atoms with E-state index in [1.807, 2.05) is 24.4 Å². The fraction of sp³-hybridized carbons (Fsp3) is 0.450. The summed E-state index contributed by atoms with van der Waals surface area (Å²) in [6, 6.07) is 7.34. The number of aromatic amines is 1. The quantitative estimate of drug-likeness (QED) is 0.833. The number of carbonyl (C=O) groups is 3. The number of hydrogen-bond donors (Lipinski definition) is 2. The van der Waals surface area contributed by atoms with Gasteiger partial charge in [0.05, 0.1) is 6.54 Å². The van der Waals surface area contributed by atoms with Crippen LogP contribution < -0.4 is 5.32 Å². The predicted molar refractivity (Wildman–Crippen MR) is 104 cm³/mol. The molecule has 2 aromatic rings. The summed E-state index contributed by atoms with van der Waals surface area (Å²) in [7, 11) is 1.71. The van der Waals surface area contributed by atoms with Crippen molar-refractivity contribution < 1.29 is 14.4 Å². The first-order chi connectivity index (χ1) is 13.5. The minimum absolute atomic E-state index is 0.0678. The van der Waals surface area contributed by atoms with Gasteiger partial charge in [-0.2, -0.15) is 0 Å². The van der Waals surface area contributed by atoms with Crippen molar-refractivity contribution >= 4 is 28.7 Å². The van der Waals surface area contributed by atoms with Gasteiger partial charge in [0.1, 0.15) is 12.2 Å². The standard InChI is InChI=1S/C20H25N5O3/c1-13-19(27)23(2)12-17-24(10-8-18(26)25(13)17)20(28)21-9-7-14-11-22-16-6-4-3-5-15(14)16/h3-6,11,13,17,22H,7-10,12H2,1-2H3,(H,21,28)/t13-,17-/m0/s1. The summed E-state index contributed by atoms with van der Waals surface area (Å²) in [4.78, 5) is 45.5. The second-order valence-electron chi connectivity index (χ2n) is 7.46. The van der Waals surface area contributed by atoms with Gasteiger partial charge in [0.15, 0.2) is 0 Å². The summed E-state index contributed by atoms with van der Waals surface area (Å²) >= 11 is 0. The van der Waals surface area contributed by atoms with Crippen molar-refractivity contribution in [2.45, 2.75) is 32.0 Å². The van der Waals surface area contributed by atoms with E-state index in [9.17, 15) is 14.4 Å². The molecule has 148 valence electrons. The second-order valence-corrected chi connectivity index (χ2v) is 7.46. The highest BCUT2D eigenvalue weighted by Crippen LogP contribution is 2.24. The summed E-state index contributed by atoms with van der Waals surface area (Å²) in [5.74, 6) is -0.159. The lowest BCUT2D eigenvalue weighted by Crippen LogP contribution is -2.70. The van der Waals surface area contributed by atoms with Crippen molar-refractivity contribution in [3.8, 4) is 0 Å². The maximum absolute atomic E-state index is 12.8. The average Bonchev–Trinajstić information content (AvgIpc) is 3.09. The lowest BCUT2D eigenvalue weighted by Gasteiger charge is -2.50. The highest BCUT2D eigenvalue weighted by molar-refractivity contribution is 5.90. The second kappa shape index (κ2) is 7.18. The van der Waals surface area contributed by atoms with Gasteiger partial charge < -0.3 is 25.0 Å². The van der Waals surface area contributed by atoms with Gasteiger partial charge in [0.2, 0.25) is 11.8 Å². The monoisotopic (exact) mass is 383 g/mol. The Morgan fingerprint density at radius 1 is 1.29 bits per heavy atom. The number of amides is 4. The van der Waals surface area contributed by atoms with Crippen LogP contribution in [-0.2, 0) is 16.0 Å². The molecule has 0 bridgehead atoms. The third-order valence-corrected chi connectivity index (χ3v) is 5.73. The summed E-state index contributed by atoms with van der Waals surface area (Å²) < 4.78 is 0. The molecule has 2 fully saturated rings. The molecule has 1 aromatic heterocycles. The topological polar surface area (TPSA) is 88.7 Å². The van der Waals surface area contributed by atoms with Crippen LogP contribution in [0.5, 0.6) is 0 Å². The van der Waals surface area contributed by atoms with Crippen molar-refractivity contribution in [1.29, 1.82) is 0 Å². The number of fused-ring (bicyclic) bond motifs is 2. The Hall–Kier alpha value is -3.03. The number of urea groups is 1. The Labute approximate surface area is 163 Å². The first-order valence-electron chi connectivity index (χ1n) is 9.63. The molecule has 2 saturated heterocycles. The van der Waals surface area contributed by atoms with Gasteiger partial charge >= 0.3 is 6.03 Å². The number of hydrogen-bond acceptors (Lipinski definition) is 3. The predicted octanol–water partition coefficient (Wildman–Crippen LogP) is 1.14. The molecule has 2 aliphatic rings. The molecule has 8 heteroatoms. The lowest BCUT2D eigenvalue weighted by atomic mass is 10.1. The van der Waals surface area contributed by atoms with Crippen molar-refractivity contribution in [3.05, 3.63) is 36.0 Å². The van der Waals surface area contributed by atoms with Crippen LogP contribution in [0.15, 0.2) is 30.5 Å². The van der Waals surface area contributed by atoms with Crippen LogP contribution in [0.4, 0.5) is 4.79 Å². The third kappa shape index (κ3) is 3.08. The molecule has 1 aromatic carbocycles. The van der Waals surface area contributed by atoms with Gasteiger partial charge in [-0.05, 0) is 25.0 Å². The molecule has 2 atom stereocenters. The number of nitrogens with one attached hydrogen (secondary N) is 2. The normalized spacial score (nSPS) is 22.6. The number of piperazine rings is 1. The van der Waals surface area contributed by atoms with E-state index in [4.69, 9.17) is 0 Å². The molecule has 2 N–H and O–H groups in total. The van der Waals surface area contributed by atoms with Crippen LogP contribution in [0.3, 0.4) is 0 Å². The molecule has 0 radical (unpaired) electrons. The van der Waals surface area contributed by atoms with Crippen LogP contribution in [0.25, 0.3) is 10.9 Å². The fourth-order valence-corrected chi connectivity index (χ4v) is 4.23. The van der Waals surface area contributed by atoms with Crippen molar-refractivity contribution in [2.75, 3.05) is 26.7 Å². The molecule has 2 aliphatic heterocycles. The lowest BCUT2D eigenvalue weighted by molar-refractivity contribution is -0.164. The van der Waals surface area contributed by atoms with Crippen molar-refractivity contribution in [2.24, 2.45) is 0 Å². The van der Waals surface area contributed by atoms with Crippen LogP contribution in [0, 0.1) is 0 Å². The van der Waals surface area contributed by atoms with Crippen molar-refractivity contribution in [3.63, 3.8) is 0 Å². The van der Waals surface area contributed by atoms with Gasteiger partial charge in [0.25, 0.3) is 0 Å². The zero-order chi connectivity index (χ0) is 19.8. The molecular weight excluding hydrogens is 358 g/mol. The summed E-state index contributed by atoms with van der Waals surface area (Å²) in [6.45, 7) is 2.93. The molecular formula is C20H25N5O3. The summed E-state index contributed by atoms with van der Waals surface area (Å²) in [5.41, 5.74) is 2.24. The van der Waals surface area contributed by atoms with E-state index in [0.717, 1.165) is 16.5 Å². The maximum Gasteiger partial charge on any atom is 0.319 e. The van der Waals surface area contributed by atoms with Crippen LogP contribution >= 0.6 is 0 Å². The molecule has 0 spiro atoms. The number of likely N-dealkylation sites (N-methyl/N-ethyl adjacent to an activating group) is 1. The number of nitrogens with zero attached hydrogens (tertiary/aromatic N) is 3. The Morgan fingerprint density at radius 3 is 2.89 bits per heavy atom. The maximum atomic E-state index is 12.8. The molecule has 4 rings (SSSR count). The van der Waals surface area contributed by atoms with Gasteiger partial charge in [-0.25, -0.2) is 4.79 Å². The smallest absolute Gasteiger partial charge is 0.319 e. The van der Waals surface area contributed by atoms with E-state index in [1.54, 1.807) is 28.7 Å². The molecule has 8 nitrogen and oxygen atoms in total. The Balaban J connectivity index is 1.41. The molecule has 0 unspecified atom stereocenters. The number of benzene rings is 1. The molecule has 0 aliphatic carbocycles. The van der Waals surface area contributed by atoms with E-state index < -0.39 is 12.2 Å². The Bertz CT molecular complexity index is 923. The third-order valence-electron chi connectivity index (χ3n) is 5.73. The van der Waals surface area contributed by atoms with E-state index >= 15 is 0 Å². The van der Waals surface area contributed by atoms with Crippen LogP contribution in [0.2, 0.25) is 0 Å². The van der Waals surface area contributed by atoms with Crippen LogP contribution in [-0.4, -0.2) is 76.4 Å². The fourth-order valence-electron chi connectivity index (χ4n) is 4.23. The zero-order valence-corrected chi connectivity index (χ0v) is 16.1. The minimum atomic E-state index is -0.543. The average molecular weight is 383 g/mol. The number of carbonyl (C=O) groups excluding carboxylic acids is 3. The summed E-state index contributed by atoms with van der Waals surface area (Å²) in [6.07, 6.45) is 2.52. The first kappa shape index (κ1) is 18.3. The summed E-state index contributed by atoms with van der Waals surface area (Å²) in [5, 5.41) is 4.14. The SMILES string of the molecule is C[C@H]1C(=O)N(C)C[C@H]2N(C(=O)NCCc3c[nH]c4ccccc34)CCC(=O)N12. The van der Waals surface area contributed by atoms with Gasteiger partial charge in [-0.3, -0.25) is 9.59 Å². The first-order valence-corrected chi connectivity index (χ1v) is 9.63. The van der Waals surface area contributed by atoms with Gasteiger partial charge in [-0.15, -0.1) is 0 Å². The number of aromatic nitrogens is 1. The van der Waals surface area contributed by atoms with Crippen LogP contribution in [0.1, 0.15) is 18.9 Å². The largest absolute Gasteiger partial charge is 0.361 e. The van der Waals surface area contributed by atoms with Crippen molar-refractivity contribution in [1.82, 2.24) is 25.0 Å².